The summed E-state index contributed by atoms with van der Waals surface area (Å²) in [6, 6.07) is 1.24. The van der Waals surface area contributed by atoms with Gasteiger partial charge in [-0.2, -0.15) is 9.29 Å². The van der Waals surface area contributed by atoms with E-state index in [2.05, 4.69) is 40.5 Å². The standard InChI is InChI=1S/C52H85N3O18P2/c1-3-5-7-8-9-10-11-12-13-14-15-16-17-18-19-20-25-29-47(59)68-36-40-37-69-74(64,65)73-75(66,67)70-38-45-50(62)49(61)41(32-31-39(56)27-23-6-4-2)43(57)35-44(58)42(28-24-21-22-26-30-48(60)71-40)51(72-45)55-34-33-46(53)54-52(55)63/h12-13,15-16,18-19,31-34,39-42,44-45,49-51,56,58,61-62H,3-11,14,17,20-30,35-38H2,1-2H3,(H,64,65)(H,66,67)(H2,53,54,63)/b13-12-,16-15-,19-18-,32-31-/t39-,40+,41-,42-,44-,45+,49-,50+,51+/m0/s1. The highest BCUT2D eigenvalue weighted by Gasteiger charge is 2.45. The topological polar surface area (TPSA) is 323 Å². The predicted molar refractivity (Wildman–Crippen MR) is 280 cm³/mol. The average molecular weight is 1100 g/mol. The molecule has 2 aliphatic heterocycles. The lowest BCUT2D eigenvalue weighted by Gasteiger charge is -2.39. The Hall–Kier alpha value is -3.69. The number of nitrogen functional groups attached to an aromatic ring is 1. The van der Waals surface area contributed by atoms with Gasteiger partial charge in [-0.05, 0) is 63.9 Å². The van der Waals surface area contributed by atoms with Gasteiger partial charge in [-0.25, -0.2) is 13.9 Å². The molecule has 11 atom stereocenters. The highest BCUT2D eigenvalue weighted by molar-refractivity contribution is 7.61. The van der Waals surface area contributed by atoms with Gasteiger partial charge in [0.1, 0.15) is 36.6 Å². The number of carbonyl (C=O) groups excluding carboxylic acids is 3. The molecule has 1 aromatic rings. The summed E-state index contributed by atoms with van der Waals surface area (Å²) in [6.45, 7) is 1.44. The zero-order valence-electron chi connectivity index (χ0n) is 43.8. The molecule has 1 aromatic heterocycles. The Morgan fingerprint density at radius 2 is 1.47 bits per heavy atom. The Labute approximate surface area is 441 Å². The second-order valence-electron chi connectivity index (χ2n) is 19.2. The molecule has 2 saturated heterocycles. The lowest BCUT2D eigenvalue weighted by molar-refractivity contribution is -0.188. The fourth-order valence-corrected chi connectivity index (χ4v) is 10.6. The second-order valence-corrected chi connectivity index (χ2v) is 22.2. The summed E-state index contributed by atoms with van der Waals surface area (Å²) in [5, 5.41) is 45.7. The number of nitrogens with zero attached hydrogens (tertiary/aromatic N) is 2. The van der Waals surface area contributed by atoms with Gasteiger partial charge in [-0.3, -0.25) is 28.0 Å². The third-order valence-corrected chi connectivity index (χ3v) is 15.4. The molecule has 0 radical (unpaired) electrons. The minimum absolute atomic E-state index is 0.0102. The van der Waals surface area contributed by atoms with Gasteiger partial charge in [0.15, 0.2) is 6.10 Å². The van der Waals surface area contributed by atoms with Crippen LogP contribution in [0.2, 0.25) is 0 Å². The molecule has 0 aromatic carbocycles. The van der Waals surface area contributed by atoms with E-state index >= 15 is 0 Å². The molecule has 0 saturated carbocycles. The van der Waals surface area contributed by atoms with Gasteiger partial charge in [-0.15, -0.1) is 0 Å². The van der Waals surface area contributed by atoms with Crippen LogP contribution in [-0.4, -0.2) is 114 Å². The zero-order valence-corrected chi connectivity index (χ0v) is 45.6. The number of allylic oxidation sites excluding steroid dienone is 6. The summed E-state index contributed by atoms with van der Waals surface area (Å²) >= 11 is 0. The van der Waals surface area contributed by atoms with Crippen LogP contribution in [0.4, 0.5) is 5.82 Å². The number of aliphatic hydroxyl groups is 4. The zero-order chi connectivity index (χ0) is 55.1. The van der Waals surface area contributed by atoms with Crippen molar-refractivity contribution in [2.45, 2.75) is 204 Å². The summed E-state index contributed by atoms with van der Waals surface area (Å²) < 4.78 is 58.9. The first kappa shape index (κ1) is 65.6. The van der Waals surface area contributed by atoms with E-state index in [1.807, 2.05) is 19.1 Å². The number of ketones is 1. The van der Waals surface area contributed by atoms with Crippen LogP contribution in [0.1, 0.15) is 168 Å². The number of phosphoric acid groups is 2. The van der Waals surface area contributed by atoms with Gasteiger partial charge in [0.25, 0.3) is 0 Å². The van der Waals surface area contributed by atoms with E-state index in [4.69, 9.17) is 29.0 Å². The number of cyclic esters (lactones) is 1. The highest BCUT2D eigenvalue weighted by atomic mass is 31.3. The molecule has 426 valence electrons. The van der Waals surface area contributed by atoms with Crippen molar-refractivity contribution < 1.29 is 81.3 Å². The van der Waals surface area contributed by atoms with Gasteiger partial charge >= 0.3 is 33.3 Å². The Balaban J connectivity index is 1.74. The highest BCUT2D eigenvalue weighted by Crippen LogP contribution is 2.60. The van der Waals surface area contributed by atoms with E-state index < -0.39 is 120 Å². The molecule has 0 spiro atoms. The van der Waals surface area contributed by atoms with Crippen LogP contribution in [0.5, 0.6) is 0 Å². The fourth-order valence-electron chi connectivity index (χ4n) is 8.53. The van der Waals surface area contributed by atoms with Crippen molar-refractivity contribution >= 4 is 39.2 Å². The van der Waals surface area contributed by atoms with E-state index in [1.54, 1.807) is 0 Å². The summed E-state index contributed by atoms with van der Waals surface area (Å²) in [6.07, 6.45) is 19.1. The summed E-state index contributed by atoms with van der Waals surface area (Å²) in [5.74, 6) is -5.10. The smallest absolute Gasteiger partial charge is 0.462 e. The normalized spacial score (nSPS) is 29.0. The maximum absolute atomic E-state index is 14.0. The Morgan fingerprint density at radius 3 is 2.16 bits per heavy atom. The molecular formula is C52H85N3O18P2. The van der Waals surface area contributed by atoms with Crippen molar-refractivity contribution in [3.63, 3.8) is 0 Å². The number of aliphatic hydroxyl groups excluding tert-OH is 4. The molecule has 3 rings (SSSR count). The number of nitrogens with two attached hydrogens (primary N) is 1. The first-order valence-electron chi connectivity index (χ1n) is 26.8. The van der Waals surface area contributed by atoms with Crippen LogP contribution in [0.15, 0.2) is 65.7 Å². The van der Waals surface area contributed by atoms with Crippen molar-refractivity contribution in [1.29, 1.82) is 0 Å². The second kappa shape index (κ2) is 36.4. The number of hydrogen-bond donors (Lipinski definition) is 7. The lowest BCUT2D eigenvalue weighted by Crippen LogP contribution is -2.51. The molecule has 75 heavy (non-hydrogen) atoms. The Morgan fingerprint density at radius 1 is 0.840 bits per heavy atom. The number of fused-ring (bicyclic) bond motifs is 3. The molecule has 2 aliphatic rings. The number of carbonyl (C=O) groups is 3. The van der Waals surface area contributed by atoms with Gasteiger partial charge in [0.2, 0.25) is 0 Å². The van der Waals surface area contributed by atoms with Crippen LogP contribution in [0, 0.1) is 11.8 Å². The predicted octanol–water partition coefficient (Wildman–Crippen LogP) is 7.92. The average Bonchev–Trinajstić information content (AvgIpc) is 3.35. The Bertz CT molecular complexity index is 2120. The van der Waals surface area contributed by atoms with E-state index in [1.165, 1.54) is 62.9 Å². The molecule has 2 bridgehead atoms. The Kier molecular flexibility index (Phi) is 31.8. The number of Topliss-reactive ketones (excluding diaryl/α,β-unsaturated/α-hetero) is 1. The van der Waals surface area contributed by atoms with Crippen LogP contribution in [0.3, 0.4) is 0 Å². The minimum atomic E-state index is -5.72. The molecule has 0 amide bonds. The number of unbranched alkanes of at least 4 members (excludes halogenated alkanes) is 9. The van der Waals surface area contributed by atoms with Gasteiger partial charge < -0.3 is 50.2 Å². The van der Waals surface area contributed by atoms with Crippen molar-refractivity contribution in [2.24, 2.45) is 11.8 Å². The summed E-state index contributed by atoms with van der Waals surface area (Å²) in [4.78, 5) is 78.1. The van der Waals surface area contributed by atoms with Gasteiger partial charge in [0.05, 0.1) is 37.4 Å². The van der Waals surface area contributed by atoms with Crippen molar-refractivity contribution in [2.75, 3.05) is 25.6 Å². The quantitative estimate of drug-likeness (QED) is 0.0224. The maximum Gasteiger partial charge on any atom is 0.481 e. The largest absolute Gasteiger partial charge is 0.481 e. The van der Waals surface area contributed by atoms with Crippen LogP contribution in [-0.2, 0) is 51.1 Å². The van der Waals surface area contributed by atoms with Gasteiger partial charge in [-0.1, -0.05) is 133 Å². The van der Waals surface area contributed by atoms with Crippen molar-refractivity contribution in [3.05, 3.63) is 71.4 Å². The molecule has 8 N–H and O–H groups in total. The number of anilines is 1. The lowest BCUT2D eigenvalue weighted by atomic mass is 9.83. The number of phosphoric ester groups is 2. The minimum Gasteiger partial charge on any atom is -0.462 e. The fraction of sp³-hybridized carbons (Fsp3) is 0.712. The number of ether oxygens (including phenoxy) is 3. The van der Waals surface area contributed by atoms with E-state index in [0.29, 0.717) is 44.9 Å². The SMILES string of the molecule is CCCCCCCC/C=C\C/C=C\C/C=C\CCCC(=O)OC[C@@H]1COP(=O)(O)OP(=O)(O)OC[C@H]2O[C@@H](n3ccc(N)nc3=O)[C@@H](CCCCCCC(=O)O1)[C@@H](O)CC(=O)[C@H](/C=C\[C@@H](O)CCCCC)[C@H](O)[C@@H]2O. The third-order valence-electron chi connectivity index (χ3n) is 12.8. The monoisotopic (exact) mass is 1100 g/mol. The number of hydrogen-bond acceptors (Lipinski definition) is 18. The van der Waals surface area contributed by atoms with E-state index in [9.17, 15) is 58.5 Å². The molecule has 23 heteroatoms. The van der Waals surface area contributed by atoms with Crippen LogP contribution < -0.4 is 11.4 Å². The van der Waals surface area contributed by atoms with Gasteiger partial charge in [0, 0.05) is 31.4 Å². The molecule has 3 heterocycles. The maximum atomic E-state index is 14.0. The summed E-state index contributed by atoms with van der Waals surface area (Å²) in [7, 11) is -11.3. The molecule has 2 fully saturated rings. The molecule has 0 aliphatic carbocycles. The van der Waals surface area contributed by atoms with E-state index in [0.717, 1.165) is 36.7 Å². The first-order valence-corrected chi connectivity index (χ1v) is 29.7. The number of esters is 2. The van der Waals surface area contributed by atoms with Crippen molar-refractivity contribution in [3.8, 4) is 0 Å². The summed E-state index contributed by atoms with van der Waals surface area (Å²) in [5.41, 5.74) is 4.77. The molecular weight excluding hydrogens is 1020 g/mol. The van der Waals surface area contributed by atoms with Crippen LogP contribution in [0.25, 0.3) is 0 Å². The van der Waals surface area contributed by atoms with Crippen LogP contribution >= 0.6 is 15.6 Å². The van der Waals surface area contributed by atoms with E-state index in [-0.39, 0.29) is 31.5 Å². The number of rotatable bonds is 24. The third kappa shape index (κ3) is 27.0. The number of aromatic nitrogens is 2. The molecule has 21 nitrogen and oxygen atoms in total. The molecule has 2 unspecified atom stereocenters. The first-order chi connectivity index (χ1) is 35.9. The van der Waals surface area contributed by atoms with Crippen molar-refractivity contribution in [1.82, 2.24) is 9.55 Å².